The van der Waals surface area contributed by atoms with Gasteiger partial charge in [-0.15, -0.1) is 0 Å². The zero-order chi connectivity index (χ0) is 17.5. The summed E-state index contributed by atoms with van der Waals surface area (Å²) in [5.74, 6) is -1.74. The van der Waals surface area contributed by atoms with Gasteiger partial charge < -0.3 is 10.1 Å². The number of nitrogens with one attached hydrogen (secondary N) is 2. The van der Waals surface area contributed by atoms with Gasteiger partial charge in [-0.2, -0.15) is 0 Å². The van der Waals surface area contributed by atoms with Crippen molar-refractivity contribution in [2.45, 2.75) is 6.54 Å². The summed E-state index contributed by atoms with van der Waals surface area (Å²) in [5.41, 5.74) is 2.69. The Morgan fingerprint density at radius 1 is 1.04 bits per heavy atom. The fourth-order valence-electron chi connectivity index (χ4n) is 2.06. The second kappa shape index (κ2) is 7.89. The molecule has 0 bridgehead atoms. The molecule has 7 heteroatoms. The number of Topliss-reactive ketones (excluding diaryl/α,β-unsaturated/α-hetero) is 1. The molecule has 124 valence electrons. The minimum atomic E-state index is -0.753. The summed E-state index contributed by atoms with van der Waals surface area (Å²) in [6, 6.07) is 12.7. The molecule has 0 radical (unpaired) electrons. The van der Waals surface area contributed by atoms with E-state index < -0.39 is 17.6 Å². The molecule has 0 heterocycles. The van der Waals surface area contributed by atoms with Gasteiger partial charge in [-0.05, 0) is 29.8 Å². The van der Waals surface area contributed by atoms with Crippen LogP contribution in [-0.4, -0.2) is 29.9 Å². The molecule has 0 spiro atoms. The van der Waals surface area contributed by atoms with Gasteiger partial charge in [0.1, 0.15) is 5.75 Å². The molecule has 0 aromatic heterocycles. The molecule has 2 rings (SSSR count). The van der Waals surface area contributed by atoms with Crippen LogP contribution in [0.4, 0.5) is 0 Å². The molecule has 0 saturated heterocycles. The summed E-state index contributed by atoms with van der Waals surface area (Å²) in [5, 5.41) is 11.1. The van der Waals surface area contributed by atoms with E-state index in [1.807, 2.05) is 0 Å². The maximum absolute atomic E-state index is 12.2. The maximum Gasteiger partial charge on any atom is 0.292 e. The van der Waals surface area contributed by atoms with Crippen molar-refractivity contribution >= 4 is 17.6 Å². The van der Waals surface area contributed by atoms with Gasteiger partial charge in [0.2, 0.25) is 0 Å². The molecule has 2 amide bonds. The quantitative estimate of drug-likeness (QED) is 0.321. The molecular formula is C17H16N2O5. The number of para-hydroxylation sites is 1. The van der Waals surface area contributed by atoms with E-state index in [-0.39, 0.29) is 17.7 Å². The molecule has 0 aliphatic heterocycles. The Hall–Kier alpha value is -3.19. The van der Waals surface area contributed by atoms with Crippen LogP contribution in [0.25, 0.3) is 0 Å². The summed E-state index contributed by atoms with van der Waals surface area (Å²) in [4.78, 5) is 35.4. The first kappa shape index (κ1) is 17.2. The van der Waals surface area contributed by atoms with Crippen molar-refractivity contribution in [1.29, 1.82) is 0 Å². The number of carbonyl (C=O) groups excluding carboxylic acids is 3. The highest BCUT2D eigenvalue weighted by Crippen LogP contribution is 2.17. The van der Waals surface area contributed by atoms with E-state index in [1.165, 1.54) is 30.8 Å². The van der Waals surface area contributed by atoms with Crippen LogP contribution in [0.3, 0.4) is 0 Å². The lowest BCUT2D eigenvalue weighted by atomic mass is 10.1. The highest BCUT2D eigenvalue weighted by atomic mass is 16.5. The zero-order valence-corrected chi connectivity index (χ0v) is 12.9. The number of methoxy groups -OCH3 is 1. The van der Waals surface area contributed by atoms with Crippen molar-refractivity contribution in [3.63, 3.8) is 0 Å². The topological polar surface area (TPSA) is 105 Å². The van der Waals surface area contributed by atoms with Crippen molar-refractivity contribution in [2.24, 2.45) is 0 Å². The summed E-state index contributed by atoms with van der Waals surface area (Å²) >= 11 is 0. The minimum Gasteiger partial charge on any atom is -0.496 e. The van der Waals surface area contributed by atoms with E-state index in [9.17, 15) is 14.4 Å². The number of benzene rings is 2. The number of ether oxygens (including phenoxy) is 1. The molecule has 0 unspecified atom stereocenters. The number of hydrogen-bond acceptors (Lipinski definition) is 5. The minimum absolute atomic E-state index is 0.126. The van der Waals surface area contributed by atoms with Gasteiger partial charge in [0.15, 0.2) is 0 Å². The second-order valence-corrected chi connectivity index (χ2v) is 4.85. The fourth-order valence-corrected chi connectivity index (χ4v) is 2.06. The largest absolute Gasteiger partial charge is 0.496 e. The highest BCUT2D eigenvalue weighted by molar-refractivity contribution is 6.43. The van der Waals surface area contributed by atoms with E-state index in [2.05, 4.69) is 5.32 Å². The van der Waals surface area contributed by atoms with E-state index in [4.69, 9.17) is 9.94 Å². The molecule has 7 nitrogen and oxygen atoms in total. The number of hydrogen-bond donors (Lipinski definition) is 3. The summed E-state index contributed by atoms with van der Waals surface area (Å²) in [6.07, 6.45) is 0. The van der Waals surface area contributed by atoms with Crippen LogP contribution in [0.2, 0.25) is 0 Å². The lowest BCUT2D eigenvalue weighted by Crippen LogP contribution is -2.30. The third-order valence-electron chi connectivity index (χ3n) is 3.33. The van der Waals surface area contributed by atoms with Crippen molar-refractivity contribution in [3.8, 4) is 5.75 Å². The number of ketones is 1. The molecular weight excluding hydrogens is 312 g/mol. The molecule has 24 heavy (non-hydrogen) atoms. The third kappa shape index (κ3) is 3.96. The second-order valence-electron chi connectivity index (χ2n) is 4.85. The third-order valence-corrected chi connectivity index (χ3v) is 3.33. The molecule has 0 fully saturated rings. The van der Waals surface area contributed by atoms with Gasteiger partial charge >= 0.3 is 0 Å². The van der Waals surface area contributed by atoms with E-state index in [1.54, 1.807) is 30.3 Å². The van der Waals surface area contributed by atoms with Crippen LogP contribution in [0.5, 0.6) is 5.75 Å². The van der Waals surface area contributed by atoms with Crippen LogP contribution in [-0.2, 0) is 11.3 Å². The predicted molar refractivity (Wildman–Crippen MR) is 84.9 cm³/mol. The first-order valence-electron chi connectivity index (χ1n) is 7.05. The smallest absolute Gasteiger partial charge is 0.292 e. The first-order chi connectivity index (χ1) is 11.6. The van der Waals surface area contributed by atoms with Gasteiger partial charge in [0.25, 0.3) is 17.6 Å². The van der Waals surface area contributed by atoms with Crippen molar-refractivity contribution < 1.29 is 24.3 Å². The number of amides is 2. The Bertz CT molecular complexity index is 756. The SMILES string of the molecule is COc1ccccc1C(=O)C(=O)NCc1ccc(C(=O)NO)cc1. The van der Waals surface area contributed by atoms with Crippen molar-refractivity contribution in [1.82, 2.24) is 10.8 Å². The van der Waals surface area contributed by atoms with Crippen molar-refractivity contribution in [3.05, 3.63) is 65.2 Å². The van der Waals surface area contributed by atoms with Crippen LogP contribution in [0.1, 0.15) is 26.3 Å². The lowest BCUT2D eigenvalue weighted by Gasteiger charge is -2.08. The van der Waals surface area contributed by atoms with E-state index in [0.29, 0.717) is 11.3 Å². The first-order valence-corrected chi connectivity index (χ1v) is 7.05. The Morgan fingerprint density at radius 3 is 2.33 bits per heavy atom. The van der Waals surface area contributed by atoms with Crippen LogP contribution in [0, 0.1) is 0 Å². The highest BCUT2D eigenvalue weighted by Gasteiger charge is 2.19. The molecule has 0 aliphatic rings. The Kier molecular flexibility index (Phi) is 5.64. The van der Waals surface area contributed by atoms with Gasteiger partial charge in [0.05, 0.1) is 12.7 Å². The molecule has 0 atom stereocenters. The standard InChI is InChI=1S/C17H16N2O5/c1-24-14-5-3-2-4-13(14)15(20)17(22)18-10-11-6-8-12(9-7-11)16(21)19-23/h2-9,23H,10H2,1H3,(H,18,22)(H,19,21). The monoisotopic (exact) mass is 328 g/mol. The molecule has 2 aromatic carbocycles. The summed E-state index contributed by atoms with van der Waals surface area (Å²) in [6.45, 7) is 0.126. The van der Waals surface area contributed by atoms with Gasteiger partial charge in [-0.25, -0.2) is 5.48 Å². The Morgan fingerprint density at radius 2 is 1.71 bits per heavy atom. The zero-order valence-electron chi connectivity index (χ0n) is 12.9. The Balaban J connectivity index is 2.00. The van der Waals surface area contributed by atoms with Crippen LogP contribution < -0.4 is 15.5 Å². The van der Waals surface area contributed by atoms with Gasteiger partial charge in [-0.1, -0.05) is 24.3 Å². The number of hydroxylamine groups is 1. The van der Waals surface area contributed by atoms with E-state index in [0.717, 1.165) is 0 Å². The number of rotatable bonds is 6. The summed E-state index contributed by atoms with van der Waals surface area (Å²) in [7, 11) is 1.42. The Labute approximate surface area is 138 Å². The van der Waals surface area contributed by atoms with E-state index >= 15 is 0 Å². The van der Waals surface area contributed by atoms with Crippen LogP contribution >= 0.6 is 0 Å². The number of carbonyl (C=O) groups is 3. The lowest BCUT2D eigenvalue weighted by molar-refractivity contribution is -0.117. The molecule has 0 aliphatic carbocycles. The predicted octanol–water partition coefficient (Wildman–Crippen LogP) is 1.31. The van der Waals surface area contributed by atoms with Gasteiger partial charge in [-0.3, -0.25) is 19.6 Å². The summed E-state index contributed by atoms with van der Waals surface area (Å²) < 4.78 is 5.07. The molecule has 2 aromatic rings. The van der Waals surface area contributed by atoms with Crippen LogP contribution in [0.15, 0.2) is 48.5 Å². The van der Waals surface area contributed by atoms with Crippen molar-refractivity contribution in [2.75, 3.05) is 7.11 Å². The maximum atomic E-state index is 12.2. The molecule has 3 N–H and O–H groups in total. The fraction of sp³-hybridized carbons (Fsp3) is 0.118. The molecule has 0 saturated carbocycles. The van der Waals surface area contributed by atoms with Gasteiger partial charge in [0, 0.05) is 12.1 Å². The normalized spacial score (nSPS) is 9.92. The average molecular weight is 328 g/mol. The average Bonchev–Trinajstić information content (AvgIpc) is 2.65.